The van der Waals surface area contributed by atoms with E-state index in [1.807, 2.05) is 32.9 Å². The van der Waals surface area contributed by atoms with Gasteiger partial charge < -0.3 is 16.4 Å². The minimum Gasteiger partial charge on any atom is -0.353 e. The smallest absolute Gasteiger partial charge is 0.251 e. The van der Waals surface area contributed by atoms with E-state index >= 15 is 0 Å². The van der Waals surface area contributed by atoms with Crippen LogP contribution in [0.4, 0.5) is 0 Å². The summed E-state index contributed by atoms with van der Waals surface area (Å²) >= 11 is 0. The van der Waals surface area contributed by atoms with Crippen molar-refractivity contribution >= 4 is 11.8 Å². The van der Waals surface area contributed by atoms with Crippen LogP contribution in [-0.2, 0) is 4.79 Å². The molecule has 1 aromatic rings. The van der Waals surface area contributed by atoms with E-state index in [9.17, 15) is 9.59 Å². The summed E-state index contributed by atoms with van der Waals surface area (Å²) in [6.07, 6.45) is 2.30. The van der Waals surface area contributed by atoms with Crippen LogP contribution in [0.5, 0.6) is 0 Å². The zero-order valence-corrected chi connectivity index (χ0v) is 14.1. The number of amides is 2. The fraction of sp³-hybridized carbons (Fsp3) is 0.556. The summed E-state index contributed by atoms with van der Waals surface area (Å²) in [5.41, 5.74) is 7.66. The molecule has 4 N–H and O–H groups in total. The van der Waals surface area contributed by atoms with Crippen LogP contribution in [0.25, 0.3) is 0 Å². The number of nitrogens with one attached hydrogen (secondary N) is 2. The highest BCUT2D eigenvalue weighted by Gasteiger charge is 2.30. The zero-order chi connectivity index (χ0) is 17.0. The number of aryl methyl sites for hydroxylation is 1. The molecule has 23 heavy (non-hydrogen) atoms. The van der Waals surface area contributed by atoms with E-state index in [1.54, 1.807) is 12.1 Å². The second-order valence-corrected chi connectivity index (χ2v) is 6.81. The molecule has 0 radical (unpaired) electrons. The van der Waals surface area contributed by atoms with E-state index in [-0.39, 0.29) is 23.8 Å². The molecule has 2 atom stereocenters. The van der Waals surface area contributed by atoms with Gasteiger partial charge in [-0.2, -0.15) is 0 Å². The lowest BCUT2D eigenvalue weighted by molar-refractivity contribution is -0.124. The molecule has 0 heterocycles. The van der Waals surface area contributed by atoms with Gasteiger partial charge in [0.15, 0.2) is 0 Å². The first kappa shape index (κ1) is 17.5. The summed E-state index contributed by atoms with van der Waals surface area (Å²) in [4.78, 5) is 24.7. The van der Waals surface area contributed by atoms with Crippen LogP contribution < -0.4 is 16.4 Å². The lowest BCUT2D eigenvalue weighted by Crippen LogP contribution is -2.52. The van der Waals surface area contributed by atoms with Crippen LogP contribution in [0.2, 0.25) is 0 Å². The van der Waals surface area contributed by atoms with Crippen molar-refractivity contribution in [2.24, 2.45) is 17.6 Å². The first-order valence-corrected chi connectivity index (χ1v) is 8.29. The molecule has 1 aliphatic rings. The average Bonchev–Trinajstić information content (AvgIpc) is 3.34. The molecular weight excluding hydrogens is 290 g/mol. The Morgan fingerprint density at radius 1 is 1.22 bits per heavy atom. The fourth-order valence-corrected chi connectivity index (χ4v) is 2.48. The van der Waals surface area contributed by atoms with Gasteiger partial charge in [0.1, 0.15) is 6.04 Å². The van der Waals surface area contributed by atoms with Crippen LogP contribution in [0.3, 0.4) is 0 Å². The standard InChI is InChI=1S/C18H27N3O2/c1-11(2)16(18(23)20-10-15(19)13-8-9-13)21-17(22)14-6-4-12(3)5-7-14/h4-7,11,13,15-16H,8-10,19H2,1-3H3,(H,20,23)(H,21,22). The van der Waals surface area contributed by atoms with Gasteiger partial charge in [-0.05, 0) is 43.7 Å². The van der Waals surface area contributed by atoms with Crippen LogP contribution in [0.1, 0.15) is 42.6 Å². The monoisotopic (exact) mass is 317 g/mol. The Hall–Kier alpha value is -1.88. The van der Waals surface area contributed by atoms with Gasteiger partial charge in [0.2, 0.25) is 5.91 Å². The first-order valence-electron chi connectivity index (χ1n) is 8.29. The Bertz CT molecular complexity index is 550. The highest BCUT2D eigenvalue weighted by molar-refractivity contribution is 5.97. The van der Waals surface area contributed by atoms with E-state index < -0.39 is 6.04 Å². The lowest BCUT2D eigenvalue weighted by Gasteiger charge is -2.23. The van der Waals surface area contributed by atoms with Crippen molar-refractivity contribution in [3.8, 4) is 0 Å². The first-order chi connectivity index (χ1) is 10.9. The maximum absolute atomic E-state index is 12.4. The highest BCUT2D eigenvalue weighted by Crippen LogP contribution is 2.31. The molecule has 2 rings (SSSR count). The molecule has 0 spiro atoms. The molecule has 1 aromatic carbocycles. The Morgan fingerprint density at radius 3 is 2.35 bits per heavy atom. The number of nitrogens with two attached hydrogens (primary N) is 1. The molecule has 5 heteroatoms. The predicted octanol–water partition coefficient (Wildman–Crippen LogP) is 1.60. The second kappa shape index (κ2) is 7.59. The molecule has 1 saturated carbocycles. The minimum absolute atomic E-state index is 0.00143. The van der Waals surface area contributed by atoms with Gasteiger partial charge in [-0.3, -0.25) is 9.59 Å². The van der Waals surface area contributed by atoms with Gasteiger partial charge in [-0.25, -0.2) is 0 Å². The third-order valence-corrected chi connectivity index (χ3v) is 4.29. The van der Waals surface area contributed by atoms with Gasteiger partial charge in [0.25, 0.3) is 5.91 Å². The Kier molecular flexibility index (Phi) is 5.77. The maximum Gasteiger partial charge on any atom is 0.251 e. The number of rotatable bonds is 7. The van der Waals surface area contributed by atoms with Crippen molar-refractivity contribution in [1.29, 1.82) is 0 Å². The van der Waals surface area contributed by atoms with E-state index in [1.165, 1.54) is 0 Å². The number of hydrogen-bond donors (Lipinski definition) is 3. The summed E-state index contributed by atoms with van der Waals surface area (Å²) in [5.74, 6) is 0.137. The molecule has 0 aliphatic heterocycles. The molecular formula is C18H27N3O2. The topological polar surface area (TPSA) is 84.2 Å². The van der Waals surface area contributed by atoms with E-state index in [0.717, 1.165) is 18.4 Å². The molecule has 2 unspecified atom stereocenters. The molecule has 0 saturated heterocycles. The second-order valence-electron chi connectivity index (χ2n) is 6.81. The number of benzene rings is 1. The van der Waals surface area contributed by atoms with Gasteiger partial charge in [-0.15, -0.1) is 0 Å². The van der Waals surface area contributed by atoms with Crippen molar-refractivity contribution in [3.05, 3.63) is 35.4 Å². The molecule has 126 valence electrons. The van der Waals surface area contributed by atoms with E-state index in [4.69, 9.17) is 5.73 Å². The SMILES string of the molecule is Cc1ccc(C(=O)NC(C(=O)NCC(N)C2CC2)C(C)C)cc1. The maximum atomic E-state index is 12.4. The van der Waals surface area contributed by atoms with E-state index in [2.05, 4.69) is 10.6 Å². The zero-order valence-electron chi connectivity index (χ0n) is 14.1. The van der Waals surface area contributed by atoms with Gasteiger partial charge >= 0.3 is 0 Å². The van der Waals surface area contributed by atoms with Gasteiger partial charge in [-0.1, -0.05) is 31.5 Å². The molecule has 0 aromatic heterocycles. The summed E-state index contributed by atoms with van der Waals surface area (Å²) in [6.45, 7) is 6.27. The van der Waals surface area contributed by atoms with Crippen molar-refractivity contribution in [3.63, 3.8) is 0 Å². The van der Waals surface area contributed by atoms with Gasteiger partial charge in [0, 0.05) is 18.2 Å². The average molecular weight is 317 g/mol. The van der Waals surface area contributed by atoms with Crippen molar-refractivity contribution in [2.75, 3.05) is 6.54 Å². The Balaban J connectivity index is 1.92. The molecule has 2 amide bonds. The van der Waals surface area contributed by atoms with Crippen molar-refractivity contribution in [1.82, 2.24) is 10.6 Å². The number of carbonyl (C=O) groups is 2. The third kappa shape index (κ3) is 5.06. The molecule has 1 fully saturated rings. The summed E-state index contributed by atoms with van der Waals surface area (Å²) in [6, 6.07) is 6.75. The lowest BCUT2D eigenvalue weighted by atomic mass is 10.0. The fourth-order valence-electron chi connectivity index (χ4n) is 2.48. The molecule has 5 nitrogen and oxygen atoms in total. The van der Waals surface area contributed by atoms with Crippen LogP contribution in [-0.4, -0.2) is 30.4 Å². The summed E-state index contributed by atoms with van der Waals surface area (Å²) in [5, 5.41) is 5.70. The Morgan fingerprint density at radius 2 is 1.83 bits per heavy atom. The largest absolute Gasteiger partial charge is 0.353 e. The van der Waals surface area contributed by atoms with Crippen LogP contribution in [0.15, 0.2) is 24.3 Å². The predicted molar refractivity (Wildman–Crippen MR) is 91.0 cm³/mol. The summed E-state index contributed by atoms with van der Waals surface area (Å²) < 4.78 is 0. The van der Waals surface area contributed by atoms with Crippen LogP contribution >= 0.6 is 0 Å². The third-order valence-electron chi connectivity index (χ3n) is 4.29. The normalized spacial score (nSPS) is 16.7. The van der Waals surface area contributed by atoms with Crippen LogP contribution in [0, 0.1) is 18.8 Å². The molecule has 1 aliphatic carbocycles. The number of carbonyl (C=O) groups excluding carboxylic acids is 2. The Labute approximate surface area is 138 Å². The van der Waals surface area contributed by atoms with Crippen molar-refractivity contribution < 1.29 is 9.59 Å². The quantitative estimate of drug-likeness (QED) is 0.714. The van der Waals surface area contributed by atoms with Crippen molar-refractivity contribution in [2.45, 2.75) is 45.7 Å². The van der Waals surface area contributed by atoms with Gasteiger partial charge in [0.05, 0.1) is 0 Å². The van der Waals surface area contributed by atoms with E-state index in [0.29, 0.717) is 18.0 Å². The molecule has 0 bridgehead atoms. The minimum atomic E-state index is -0.560. The summed E-state index contributed by atoms with van der Waals surface area (Å²) in [7, 11) is 0. The highest BCUT2D eigenvalue weighted by atomic mass is 16.2. The number of hydrogen-bond acceptors (Lipinski definition) is 3.